The van der Waals surface area contributed by atoms with E-state index in [1.54, 1.807) is 0 Å². The molecule has 0 spiro atoms. The zero-order valence-corrected chi connectivity index (χ0v) is 15.3. The SMILES string of the molecule is COc1ccc(C(N)=O)cc1NC(=O)c1ccc(S(=O)(=O)N(C)C)cc1. The van der Waals surface area contributed by atoms with E-state index in [9.17, 15) is 18.0 Å². The molecule has 0 heterocycles. The summed E-state index contributed by atoms with van der Waals surface area (Å²) in [5.74, 6) is -0.768. The third kappa shape index (κ3) is 4.01. The summed E-state index contributed by atoms with van der Waals surface area (Å²) >= 11 is 0. The third-order valence-electron chi connectivity index (χ3n) is 3.63. The van der Waals surface area contributed by atoms with Gasteiger partial charge in [-0.15, -0.1) is 0 Å². The Morgan fingerprint density at radius 3 is 2.12 bits per heavy atom. The molecule has 0 fully saturated rings. The Morgan fingerprint density at radius 1 is 1.04 bits per heavy atom. The van der Waals surface area contributed by atoms with Crippen LogP contribution in [-0.4, -0.2) is 45.7 Å². The number of primary amides is 1. The second kappa shape index (κ2) is 7.54. The van der Waals surface area contributed by atoms with Crippen LogP contribution in [0.5, 0.6) is 5.75 Å². The van der Waals surface area contributed by atoms with Crippen molar-refractivity contribution in [3.8, 4) is 5.75 Å². The molecular weight excluding hydrogens is 358 g/mol. The van der Waals surface area contributed by atoms with Crippen LogP contribution in [-0.2, 0) is 10.0 Å². The Balaban J connectivity index is 2.28. The van der Waals surface area contributed by atoms with Crippen molar-refractivity contribution in [1.82, 2.24) is 4.31 Å². The molecule has 26 heavy (non-hydrogen) atoms. The molecule has 2 amide bonds. The molecule has 8 nitrogen and oxygen atoms in total. The molecule has 2 aromatic carbocycles. The van der Waals surface area contributed by atoms with Gasteiger partial charge in [-0.3, -0.25) is 9.59 Å². The van der Waals surface area contributed by atoms with Crippen molar-refractivity contribution in [3.63, 3.8) is 0 Å². The highest BCUT2D eigenvalue weighted by Gasteiger charge is 2.18. The number of carbonyl (C=O) groups excluding carboxylic acids is 2. The largest absolute Gasteiger partial charge is 0.495 e. The number of nitrogens with one attached hydrogen (secondary N) is 1. The van der Waals surface area contributed by atoms with Gasteiger partial charge in [0.1, 0.15) is 5.75 Å². The lowest BCUT2D eigenvalue weighted by atomic mass is 10.1. The van der Waals surface area contributed by atoms with Crippen LogP contribution in [0.4, 0.5) is 5.69 Å². The first-order chi connectivity index (χ1) is 12.2. The lowest BCUT2D eigenvalue weighted by molar-refractivity contribution is 0.0996. The molecule has 0 aromatic heterocycles. The minimum atomic E-state index is -3.57. The fourth-order valence-electron chi connectivity index (χ4n) is 2.14. The molecule has 0 atom stereocenters. The van der Waals surface area contributed by atoms with Gasteiger partial charge >= 0.3 is 0 Å². The van der Waals surface area contributed by atoms with Crippen LogP contribution >= 0.6 is 0 Å². The smallest absolute Gasteiger partial charge is 0.255 e. The summed E-state index contributed by atoms with van der Waals surface area (Å²) in [7, 11) is 0.702. The summed E-state index contributed by atoms with van der Waals surface area (Å²) in [6.07, 6.45) is 0. The van der Waals surface area contributed by atoms with Crippen molar-refractivity contribution in [2.24, 2.45) is 5.73 Å². The molecule has 0 radical (unpaired) electrons. The molecule has 138 valence electrons. The average Bonchev–Trinajstić information content (AvgIpc) is 2.61. The number of nitrogens with zero attached hydrogens (tertiary/aromatic N) is 1. The van der Waals surface area contributed by atoms with Gasteiger partial charge in [0.15, 0.2) is 0 Å². The van der Waals surface area contributed by atoms with Crippen LogP contribution in [0.3, 0.4) is 0 Å². The Hall–Kier alpha value is -2.91. The highest BCUT2D eigenvalue weighted by atomic mass is 32.2. The van der Waals surface area contributed by atoms with Crippen LogP contribution in [0.1, 0.15) is 20.7 Å². The molecule has 0 saturated heterocycles. The highest BCUT2D eigenvalue weighted by molar-refractivity contribution is 7.89. The molecule has 0 saturated carbocycles. The van der Waals surface area contributed by atoms with Gasteiger partial charge < -0.3 is 15.8 Å². The number of carbonyl (C=O) groups is 2. The topological polar surface area (TPSA) is 119 Å². The van der Waals surface area contributed by atoms with Crippen molar-refractivity contribution in [3.05, 3.63) is 53.6 Å². The predicted octanol–water partition coefficient (Wildman–Crippen LogP) is 1.30. The molecule has 0 aliphatic rings. The molecule has 0 unspecified atom stereocenters. The molecule has 2 rings (SSSR count). The number of nitrogens with two attached hydrogens (primary N) is 1. The number of ether oxygens (including phenoxy) is 1. The van der Waals surface area contributed by atoms with Gasteiger partial charge in [0.2, 0.25) is 15.9 Å². The van der Waals surface area contributed by atoms with E-state index >= 15 is 0 Å². The minimum absolute atomic E-state index is 0.0763. The van der Waals surface area contributed by atoms with Gasteiger partial charge in [-0.1, -0.05) is 0 Å². The third-order valence-corrected chi connectivity index (χ3v) is 5.46. The quantitative estimate of drug-likeness (QED) is 0.786. The summed E-state index contributed by atoms with van der Waals surface area (Å²) < 4.78 is 30.3. The average molecular weight is 377 g/mol. The Morgan fingerprint density at radius 2 is 1.62 bits per heavy atom. The van der Waals surface area contributed by atoms with E-state index in [1.165, 1.54) is 63.7 Å². The number of sulfonamides is 1. The second-order valence-corrected chi connectivity index (χ2v) is 7.70. The van der Waals surface area contributed by atoms with E-state index < -0.39 is 21.8 Å². The van der Waals surface area contributed by atoms with Gasteiger partial charge in [-0.25, -0.2) is 12.7 Å². The Labute approximate surface area is 151 Å². The maximum Gasteiger partial charge on any atom is 0.255 e. The fraction of sp³-hybridized carbons (Fsp3) is 0.176. The van der Waals surface area contributed by atoms with E-state index in [0.717, 1.165) is 4.31 Å². The number of hydrogen-bond donors (Lipinski definition) is 2. The summed E-state index contributed by atoms with van der Waals surface area (Å²) in [6, 6.07) is 9.90. The van der Waals surface area contributed by atoms with Gasteiger partial charge in [-0.05, 0) is 42.5 Å². The monoisotopic (exact) mass is 377 g/mol. The van der Waals surface area contributed by atoms with Crippen LogP contribution in [0.15, 0.2) is 47.4 Å². The highest BCUT2D eigenvalue weighted by Crippen LogP contribution is 2.26. The Bertz CT molecular complexity index is 937. The number of amides is 2. The van der Waals surface area contributed by atoms with Crippen LogP contribution < -0.4 is 15.8 Å². The summed E-state index contributed by atoms with van der Waals surface area (Å²) in [5.41, 5.74) is 5.98. The first kappa shape index (κ1) is 19.4. The molecular formula is C17H19N3O5S. The van der Waals surface area contributed by atoms with Crippen LogP contribution in [0.2, 0.25) is 0 Å². The maximum atomic E-state index is 12.4. The summed E-state index contributed by atoms with van der Waals surface area (Å²) in [4.78, 5) is 23.8. The lowest BCUT2D eigenvalue weighted by Gasteiger charge is -2.13. The van der Waals surface area contributed by atoms with E-state index in [-0.39, 0.29) is 21.7 Å². The van der Waals surface area contributed by atoms with Crippen LogP contribution in [0.25, 0.3) is 0 Å². The number of hydrogen-bond acceptors (Lipinski definition) is 5. The van der Waals surface area contributed by atoms with Gasteiger partial charge in [0, 0.05) is 25.2 Å². The molecule has 0 bridgehead atoms. The number of methoxy groups -OCH3 is 1. The molecule has 0 aliphatic heterocycles. The zero-order valence-electron chi connectivity index (χ0n) is 14.5. The van der Waals surface area contributed by atoms with E-state index in [1.807, 2.05) is 0 Å². The summed E-state index contributed by atoms with van der Waals surface area (Å²) in [6.45, 7) is 0. The van der Waals surface area contributed by atoms with Crippen LogP contribution in [0, 0.1) is 0 Å². The van der Waals surface area contributed by atoms with Crippen molar-refractivity contribution >= 4 is 27.5 Å². The zero-order chi connectivity index (χ0) is 19.5. The van der Waals surface area contributed by atoms with Gasteiger partial charge in [-0.2, -0.15) is 0 Å². The van der Waals surface area contributed by atoms with E-state index in [4.69, 9.17) is 10.5 Å². The number of benzene rings is 2. The maximum absolute atomic E-state index is 12.4. The predicted molar refractivity (Wildman–Crippen MR) is 96.8 cm³/mol. The van der Waals surface area contributed by atoms with E-state index in [0.29, 0.717) is 5.75 Å². The standard InChI is InChI=1S/C17H19N3O5S/c1-20(2)26(23,24)13-7-4-11(5-8-13)17(22)19-14-10-12(16(18)21)6-9-15(14)25-3/h4-10H,1-3H3,(H2,18,21)(H,19,22). The molecule has 2 aromatic rings. The van der Waals surface area contributed by atoms with Crippen molar-refractivity contribution in [1.29, 1.82) is 0 Å². The lowest BCUT2D eigenvalue weighted by Crippen LogP contribution is -2.22. The molecule has 9 heteroatoms. The van der Waals surface area contributed by atoms with Gasteiger partial charge in [0.05, 0.1) is 17.7 Å². The molecule has 0 aliphatic carbocycles. The Kier molecular flexibility index (Phi) is 5.63. The molecule has 3 N–H and O–H groups in total. The normalized spacial score (nSPS) is 11.2. The van der Waals surface area contributed by atoms with Crippen molar-refractivity contribution < 1.29 is 22.7 Å². The van der Waals surface area contributed by atoms with Gasteiger partial charge in [0.25, 0.3) is 5.91 Å². The first-order valence-electron chi connectivity index (χ1n) is 7.48. The number of anilines is 1. The van der Waals surface area contributed by atoms with Crippen molar-refractivity contribution in [2.45, 2.75) is 4.90 Å². The minimum Gasteiger partial charge on any atom is -0.495 e. The fourth-order valence-corrected chi connectivity index (χ4v) is 3.04. The summed E-state index contributed by atoms with van der Waals surface area (Å²) in [5, 5.41) is 2.62. The van der Waals surface area contributed by atoms with Crippen molar-refractivity contribution in [2.75, 3.05) is 26.5 Å². The second-order valence-electron chi connectivity index (χ2n) is 5.55. The van der Waals surface area contributed by atoms with E-state index in [2.05, 4.69) is 5.32 Å². The number of rotatable bonds is 6. The first-order valence-corrected chi connectivity index (χ1v) is 8.92.